The van der Waals surface area contributed by atoms with Crippen LogP contribution in [0.4, 0.5) is 4.39 Å². The number of rotatable bonds is 5. The first-order chi connectivity index (χ1) is 11.2. The molecule has 0 aromatic heterocycles. The SMILES string of the molecule is CN(C)S(=O)(=O)c1ccc(C(=O)/C=C/c2c(F)cccc2Cl)cc1. The highest BCUT2D eigenvalue weighted by atomic mass is 35.5. The fourth-order valence-electron chi connectivity index (χ4n) is 1.93. The van der Waals surface area contributed by atoms with Crippen molar-refractivity contribution in [3.05, 3.63) is 70.5 Å². The topological polar surface area (TPSA) is 54.5 Å². The summed E-state index contributed by atoms with van der Waals surface area (Å²) in [6.45, 7) is 0. The highest BCUT2D eigenvalue weighted by molar-refractivity contribution is 7.89. The molecule has 0 atom stereocenters. The summed E-state index contributed by atoms with van der Waals surface area (Å²) in [6, 6.07) is 9.77. The Morgan fingerprint density at radius 2 is 1.75 bits per heavy atom. The summed E-state index contributed by atoms with van der Waals surface area (Å²) in [6.07, 6.45) is 2.49. The Labute approximate surface area is 145 Å². The first-order valence-electron chi connectivity index (χ1n) is 6.92. The van der Waals surface area contributed by atoms with E-state index in [1.807, 2.05) is 0 Å². The van der Waals surface area contributed by atoms with Crippen molar-refractivity contribution in [1.29, 1.82) is 0 Å². The summed E-state index contributed by atoms with van der Waals surface area (Å²) in [5, 5.41) is 0.200. The van der Waals surface area contributed by atoms with Gasteiger partial charge in [-0.2, -0.15) is 0 Å². The van der Waals surface area contributed by atoms with E-state index in [9.17, 15) is 17.6 Å². The number of allylic oxidation sites excluding steroid dienone is 1. The molecule has 0 amide bonds. The zero-order valence-electron chi connectivity index (χ0n) is 13.0. The first kappa shape index (κ1) is 18.3. The van der Waals surface area contributed by atoms with E-state index in [2.05, 4.69) is 0 Å². The van der Waals surface area contributed by atoms with Crippen LogP contribution < -0.4 is 0 Å². The van der Waals surface area contributed by atoms with E-state index >= 15 is 0 Å². The van der Waals surface area contributed by atoms with Crippen LogP contribution in [0.2, 0.25) is 5.02 Å². The number of hydrogen-bond donors (Lipinski definition) is 0. The van der Waals surface area contributed by atoms with Gasteiger partial charge in [-0.05, 0) is 48.6 Å². The Morgan fingerprint density at radius 3 is 2.29 bits per heavy atom. The summed E-state index contributed by atoms with van der Waals surface area (Å²) < 4.78 is 38.7. The van der Waals surface area contributed by atoms with Crippen LogP contribution in [0, 0.1) is 5.82 Å². The van der Waals surface area contributed by atoms with Crippen LogP contribution in [0.15, 0.2) is 53.4 Å². The number of benzene rings is 2. The van der Waals surface area contributed by atoms with Gasteiger partial charge in [-0.3, -0.25) is 4.79 Å². The lowest BCUT2D eigenvalue weighted by molar-refractivity contribution is 0.104. The van der Waals surface area contributed by atoms with Crippen molar-refractivity contribution in [2.45, 2.75) is 4.90 Å². The van der Waals surface area contributed by atoms with Gasteiger partial charge in [0.2, 0.25) is 10.0 Å². The normalized spacial score (nSPS) is 12.0. The van der Waals surface area contributed by atoms with Gasteiger partial charge in [0, 0.05) is 25.2 Å². The van der Waals surface area contributed by atoms with Crippen molar-refractivity contribution in [2.75, 3.05) is 14.1 Å². The molecule has 0 saturated carbocycles. The van der Waals surface area contributed by atoms with E-state index in [4.69, 9.17) is 11.6 Å². The summed E-state index contributed by atoms with van der Waals surface area (Å²) in [4.78, 5) is 12.2. The molecule has 2 rings (SSSR count). The van der Waals surface area contributed by atoms with Crippen LogP contribution >= 0.6 is 11.6 Å². The predicted octanol–water partition coefficient (Wildman–Crippen LogP) is 3.63. The first-order valence-corrected chi connectivity index (χ1v) is 8.74. The minimum atomic E-state index is -3.55. The second kappa shape index (κ2) is 7.25. The average Bonchev–Trinajstić information content (AvgIpc) is 2.54. The Hall–Kier alpha value is -2.02. The van der Waals surface area contributed by atoms with Crippen molar-refractivity contribution in [2.24, 2.45) is 0 Å². The molecule has 126 valence electrons. The number of sulfonamides is 1. The molecule has 0 radical (unpaired) electrons. The molecule has 0 heterocycles. The second-order valence-electron chi connectivity index (χ2n) is 5.14. The monoisotopic (exact) mass is 367 g/mol. The van der Waals surface area contributed by atoms with Crippen molar-refractivity contribution in [3.63, 3.8) is 0 Å². The molecule has 24 heavy (non-hydrogen) atoms. The van der Waals surface area contributed by atoms with E-state index < -0.39 is 15.8 Å². The molecule has 0 N–H and O–H groups in total. The molecule has 0 saturated heterocycles. The van der Waals surface area contributed by atoms with Crippen molar-refractivity contribution >= 4 is 33.5 Å². The standard InChI is InChI=1S/C17H15ClFNO3S/c1-20(2)24(22,23)13-8-6-12(7-9-13)17(21)11-10-14-15(18)4-3-5-16(14)19/h3-11H,1-2H3/b11-10+. The quantitative estimate of drug-likeness (QED) is 0.599. The van der Waals surface area contributed by atoms with E-state index in [0.29, 0.717) is 0 Å². The van der Waals surface area contributed by atoms with Gasteiger partial charge in [0.05, 0.1) is 9.92 Å². The molecule has 0 unspecified atom stereocenters. The van der Waals surface area contributed by atoms with Crippen LogP contribution in [0.1, 0.15) is 15.9 Å². The predicted molar refractivity (Wildman–Crippen MR) is 92.1 cm³/mol. The van der Waals surface area contributed by atoms with Crippen LogP contribution in [0.25, 0.3) is 6.08 Å². The van der Waals surface area contributed by atoms with Crippen LogP contribution in [0.3, 0.4) is 0 Å². The molecule has 0 aliphatic rings. The minimum Gasteiger partial charge on any atom is -0.289 e. The Balaban J connectivity index is 2.24. The Kier molecular flexibility index (Phi) is 5.54. The Bertz CT molecular complexity index is 870. The van der Waals surface area contributed by atoms with Crippen LogP contribution in [0.5, 0.6) is 0 Å². The number of hydrogen-bond acceptors (Lipinski definition) is 3. The molecule has 0 fully saturated rings. The summed E-state index contributed by atoms with van der Waals surface area (Å²) >= 11 is 5.89. The maximum Gasteiger partial charge on any atom is 0.242 e. The molecule has 0 aliphatic heterocycles. The second-order valence-corrected chi connectivity index (χ2v) is 7.70. The largest absolute Gasteiger partial charge is 0.289 e. The van der Waals surface area contributed by atoms with Gasteiger partial charge >= 0.3 is 0 Å². The summed E-state index contributed by atoms with van der Waals surface area (Å²) in [7, 11) is -0.697. The van der Waals surface area contributed by atoms with Crippen LogP contribution in [-0.2, 0) is 10.0 Å². The lowest BCUT2D eigenvalue weighted by Gasteiger charge is -2.11. The summed E-state index contributed by atoms with van der Waals surface area (Å²) in [5.74, 6) is -0.915. The zero-order valence-corrected chi connectivity index (χ0v) is 14.6. The molecule has 0 spiro atoms. The lowest BCUT2D eigenvalue weighted by atomic mass is 10.1. The number of nitrogens with zero attached hydrogens (tertiary/aromatic N) is 1. The van der Waals surface area contributed by atoms with Gasteiger partial charge in [-0.15, -0.1) is 0 Å². The summed E-state index contributed by atoms with van der Waals surface area (Å²) in [5.41, 5.74) is 0.413. The molecule has 2 aromatic rings. The highest BCUT2D eigenvalue weighted by Gasteiger charge is 2.17. The maximum absolute atomic E-state index is 13.6. The minimum absolute atomic E-state index is 0.0881. The number of halogens is 2. The third kappa shape index (κ3) is 3.90. The van der Waals surface area contributed by atoms with Gasteiger partial charge in [0.25, 0.3) is 0 Å². The van der Waals surface area contributed by atoms with Gasteiger partial charge in [0.15, 0.2) is 5.78 Å². The number of ketones is 1. The van der Waals surface area contributed by atoms with Gasteiger partial charge in [-0.25, -0.2) is 17.1 Å². The zero-order chi connectivity index (χ0) is 17.9. The molecule has 0 aliphatic carbocycles. The smallest absolute Gasteiger partial charge is 0.242 e. The Morgan fingerprint density at radius 1 is 1.12 bits per heavy atom. The van der Waals surface area contributed by atoms with E-state index in [0.717, 1.165) is 4.31 Å². The molecular weight excluding hydrogens is 353 g/mol. The number of carbonyl (C=O) groups is 1. The lowest BCUT2D eigenvalue weighted by Crippen LogP contribution is -2.22. The van der Waals surface area contributed by atoms with Crippen molar-refractivity contribution in [1.82, 2.24) is 4.31 Å². The van der Waals surface area contributed by atoms with E-state index in [1.54, 1.807) is 0 Å². The average molecular weight is 368 g/mol. The van der Waals surface area contributed by atoms with Crippen LogP contribution in [-0.4, -0.2) is 32.6 Å². The molecule has 0 bridgehead atoms. The molecule has 7 heteroatoms. The number of carbonyl (C=O) groups excluding carboxylic acids is 1. The highest BCUT2D eigenvalue weighted by Crippen LogP contribution is 2.21. The fraction of sp³-hybridized carbons (Fsp3) is 0.118. The van der Waals surface area contributed by atoms with Gasteiger partial charge < -0.3 is 0 Å². The maximum atomic E-state index is 13.6. The molecule has 4 nitrogen and oxygen atoms in total. The van der Waals surface area contributed by atoms with Crippen molar-refractivity contribution in [3.8, 4) is 0 Å². The van der Waals surface area contributed by atoms with Gasteiger partial charge in [0.1, 0.15) is 5.82 Å². The molecular formula is C17H15ClFNO3S. The van der Waals surface area contributed by atoms with Gasteiger partial charge in [-0.1, -0.05) is 17.7 Å². The van der Waals surface area contributed by atoms with Crippen molar-refractivity contribution < 1.29 is 17.6 Å². The van der Waals surface area contributed by atoms with E-state index in [-0.39, 0.29) is 26.8 Å². The van der Waals surface area contributed by atoms with E-state index in [1.165, 1.54) is 68.7 Å². The third-order valence-corrected chi connectivity index (χ3v) is 5.48. The fourth-order valence-corrected chi connectivity index (χ4v) is 3.05. The third-order valence-electron chi connectivity index (χ3n) is 3.32. The molecule has 2 aromatic carbocycles.